The Morgan fingerprint density at radius 3 is 1.06 bits per heavy atom. The highest BCUT2D eigenvalue weighted by Gasteiger charge is 2.20. The van der Waals surface area contributed by atoms with Crippen LogP contribution >= 0.6 is 0 Å². The zero-order valence-electron chi connectivity index (χ0n) is 11.6. The molecule has 4 heteroatoms. The second-order valence-corrected chi connectivity index (χ2v) is 6.73. The molecule has 0 atom stereocenters. The molecule has 1 radical (unpaired) electrons. The van der Waals surface area contributed by atoms with Gasteiger partial charge >= 0.3 is 9.53 Å². The van der Waals surface area contributed by atoms with Crippen LogP contribution in [0.2, 0.25) is 0 Å². The lowest BCUT2D eigenvalue weighted by Crippen LogP contribution is -2.31. The third-order valence-electron chi connectivity index (χ3n) is 1.60. The highest BCUT2D eigenvalue weighted by atomic mass is 28.3. The van der Waals surface area contributed by atoms with E-state index in [1.807, 2.05) is 0 Å². The van der Waals surface area contributed by atoms with Gasteiger partial charge in [0.05, 0.1) is 0 Å². The van der Waals surface area contributed by atoms with Crippen LogP contribution in [-0.4, -0.2) is 29.3 Å². The lowest BCUT2D eigenvalue weighted by atomic mass is 10.2. The van der Waals surface area contributed by atoms with E-state index < -0.39 is 9.53 Å². The standard InChI is InChI=1S/C12H27O3Si/c1-10(2)7-13-16(14-8-11(3)4)15-9-12(5)6/h10-12H,7-9H2,1-6H3. The van der Waals surface area contributed by atoms with Gasteiger partial charge < -0.3 is 13.3 Å². The summed E-state index contributed by atoms with van der Waals surface area (Å²) in [6, 6.07) is 0. The summed E-state index contributed by atoms with van der Waals surface area (Å²) in [5.41, 5.74) is 0. The van der Waals surface area contributed by atoms with E-state index in [0.29, 0.717) is 37.6 Å². The Morgan fingerprint density at radius 1 is 0.625 bits per heavy atom. The van der Waals surface area contributed by atoms with Gasteiger partial charge in [-0.2, -0.15) is 0 Å². The van der Waals surface area contributed by atoms with Crippen LogP contribution in [-0.2, 0) is 13.3 Å². The van der Waals surface area contributed by atoms with Gasteiger partial charge in [0.25, 0.3) is 0 Å². The maximum Gasteiger partial charge on any atom is 0.577 e. The molecule has 0 bridgehead atoms. The molecule has 0 aromatic heterocycles. The van der Waals surface area contributed by atoms with Gasteiger partial charge in [0, 0.05) is 19.8 Å². The normalized spacial score (nSPS) is 12.4. The van der Waals surface area contributed by atoms with E-state index >= 15 is 0 Å². The molecule has 0 N–H and O–H groups in total. The van der Waals surface area contributed by atoms with Gasteiger partial charge in [-0.3, -0.25) is 0 Å². The fourth-order valence-corrected chi connectivity index (χ4v) is 2.49. The highest BCUT2D eigenvalue weighted by molar-refractivity contribution is 6.36. The molecule has 0 saturated heterocycles. The summed E-state index contributed by atoms with van der Waals surface area (Å²) in [6.07, 6.45) is 0. The molecular weight excluding hydrogens is 220 g/mol. The van der Waals surface area contributed by atoms with Crippen LogP contribution in [0.15, 0.2) is 0 Å². The van der Waals surface area contributed by atoms with Crippen molar-refractivity contribution in [3.8, 4) is 0 Å². The second-order valence-electron chi connectivity index (χ2n) is 5.36. The molecule has 0 amide bonds. The summed E-state index contributed by atoms with van der Waals surface area (Å²) in [4.78, 5) is 0. The van der Waals surface area contributed by atoms with Gasteiger partial charge in [-0.15, -0.1) is 0 Å². The minimum absolute atomic E-state index is 0.519. The van der Waals surface area contributed by atoms with Crippen LogP contribution in [0.4, 0.5) is 0 Å². The summed E-state index contributed by atoms with van der Waals surface area (Å²) in [7, 11) is -1.53. The fraction of sp³-hybridized carbons (Fsp3) is 1.00. The van der Waals surface area contributed by atoms with Crippen molar-refractivity contribution in [2.45, 2.75) is 41.5 Å². The first-order chi connectivity index (χ1) is 7.41. The van der Waals surface area contributed by atoms with Crippen LogP contribution in [0.25, 0.3) is 0 Å². The number of rotatable bonds is 9. The first kappa shape index (κ1) is 16.1. The molecule has 16 heavy (non-hydrogen) atoms. The molecule has 0 aromatic rings. The third kappa shape index (κ3) is 10.6. The van der Waals surface area contributed by atoms with Gasteiger partial charge in [0.1, 0.15) is 0 Å². The fourth-order valence-electron chi connectivity index (χ4n) is 0.829. The van der Waals surface area contributed by atoms with Crippen LogP contribution in [0, 0.1) is 17.8 Å². The molecule has 0 aliphatic rings. The Kier molecular flexibility index (Phi) is 9.22. The van der Waals surface area contributed by atoms with E-state index in [0.717, 1.165) is 0 Å². The monoisotopic (exact) mass is 247 g/mol. The van der Waals surface area contributed by atoms with E-state index in [1.54, 1.807) is 0 Å². The van der Waals surface area contributed by atoms with E-state index in [4.69, 9.17) is 13.3 Å². The molecule has 0 spiro atoms. The predicted molar refractivity (Wildman–Crippen MR) is 68.1 cm³/mol. The molecule has 0 fully saturated rings. The average Bonchev–Trinajstić information content (AvgIpc) is 2.15. The average molecular weight is 247 g/mol. The molecule has 0 saturated carbocycles. The Bertz CT molecular complexity index is 132. The van der Waals surface area contributed by atoms with Crippen molar-refractivity contribution in [2.24, 2.45) is 17.8 Å². The Hall–Kier alpha value is 0.0969. The Balaban J connectivity index is 3.85. The van der Waals surface area contributed by atoms with Crippen LogP contribution in [0.5, 0.6) is 0 Å². The molecule has 0 unspecified atom stereocenters. The van der Waals surface area contributed by atoms with Crippen molar-refractivity contribution in [2.75, 3.05) is 19.8 Å². The largest absolute Gasteiger partial charge is 0.577 e. The topological polar surface area (TPSA) is 27.7 Å². The van der Waals surface area contributed by atoms with Crippen LogP contribution in [0.1, 0.15) is 41.5 Å². The maximum absolute atomic E-state index is 5.66. The van der Waals surface area contributed by atoms with Gasteiger partial charge in [-0.1, -0.05) is 41.5 Å². The van der Waals surface area contributed by atoms with Crippen LogP contribution < -0.4 is 0 Å². The summed E-state index contributed by atoms with van der Waals surface area (Å²) in [5, 5.41) is 0. The summed E-state index contributed by atoms with van der Waals surface area (Å²) >= 11 is 0. The lowest BCUT2D eigenvalue weighted by Gasteiger charge is -2.18. The smallest absolute Gasteiger partial charge is 0.371 e. The van der Waals surface area contributed by atoms with Gasteiger partial charge in [0.15, 0.2) is 0 Å². The second kappa shape index (κ2) is 9.16. The molecule has 3 nitrogen and oxygen atoms in total. The Morgan fingerprint density at radius 2 is 0.875 bits per heavy atom. The Labute approximate surface area is 102 Å². The van der Waals surface area contributed by atoms with Gasteiger partial charge in [-0.25, -0.2) is 0 Å². The minimum atomic E-state index is -1.53. The zero-order chi connectivity index (χ0) is 12.6. The van der Waals surface area contributed by atoms with Crippen molar-refractivity contribution < 1.29 is 13.3 Å². The first-order valence-corrected chi connectivity index (χ1v) is 7.39. The van der Waals surface area contributed by atoms with E-state index in [-0.39, 0.29) is 0 Å². The molecule has 0 aliphatic carbocycles. The van der Waals surface area contributed by atoms with Crippen molar-refractivity contribution in [1.82, 2.24) is 0 Å². The summed E-state index contributed by atoms with van der Waals surface area (Å²) < 4.78 is 17.0. The van der Waals surface area contributed by atoms with Gasteiger partial charge in [0.2, 0.25) is 0 Å². The van der Waals surface area contributed by atoms with Gasteiger partial charge in [-0.05, 0) is 17.8 Å². The van der Waals surface area contributed by atoms with E-state index in [2.05, 4.69) is 41.5 Å². The van der Waals surface area contributed by atoms with E-state index in [9.17, 15) is 0 Å². The molecule has 0 aromatic carbocycles. The first-order valence-electron chi connectivity index (χ1n) is 6.17. The maximum atomic E-state index is 5.66. The predicted octanol–water partition coefficient (Wildman–Crippen LogP) is 2.99. The molecule has 0 aliphatic heterocycles. The van der Waals surface area contributed by atoms with Crippen LogP contribution in [0.3, 0.4) is 0 Å². The third-order valence-corrected chi connectivity index (χ3v) is 2.81. The molecule has 0 rings (SSSR count). The minimum Gasteiger partial charge on any atom is -0.371 e. The lowest BCUT2D eigenvalue weighted by molar-refractivity contribution is 0.0680. The van der Waals surface area contributed by atoms with Crippen molar-refractivity contribution in [3.05, 3.63) is 0 Å². The SMILES string of the molecule is CC(C)CO[Si](OCC(C)C)OCC(C)C. The quantitative estimate of drug-likeness (QED) is 0.586. The summed E-state index contributed by atoms with van der Waals surface area (Å²) in [5.74, 6) is 1.56. The number of hydrogen-bond acceptors (Lipinski definition) is 3. The summed E-state index contributed by atoms with van der Waals surface area (Å²) in [6.45, 7) is 14.9. The molecular formula is C12H27O3Si. The van der Waals surface area contributed by atoms with Crippen molar-refractivity contribution in [1.29, 1.82) is 0 Å². The highest BCUT2D eigenvalue weighted by Crippen LogP contribution is 2.03. The number of hydrogen-bond donors (Lipinski definition) is 0. The van der Waals surface area contributed by atoms with E-state index in [1.165, 1.54) is 0 Å². The zero-order valence-corrected chi connectivity index (χ0v) is 12.6. The van der Waals surface area contributed by atoms with Crippen molar-refractivity contribution >= 4 is 9.53 Å². The van der Waals surface area contributed by atoms with Crippen molar-refractivity contribution in [3.63, 3.8) is 0 Å². The molecule has 0 heterocycles. The molecule has 97 valence electrons.